The molecule has 2 saturated heterocycles. The predicted molar refractivity (Wildman–Crippen MR) is 65.2 cm³/mol. The first kappa shape index (κ1) is 11.0. The van der Waals surface area contributed by atoms with Gasteiger partial charge in [0, 0.05) is 12.6 Å². The molecule has 1 aliphatic carbocycles. The van der Waals surface area contributed by atoms with Gasteiger partial charge in [-0.05, 0) is 37.5 Å². The van der Waals surface area contributed by atoms with E-state index in [-0.39, 0.29) is 0 Å². The molecule has 0 radical (unpaired) electrons. The van der Waals surface area contributed by atoms with Gasteiger partial charge in [0.05, 0.1) is 12.8 Å². The molecular formula is C14H25NO. The van der Waals surface area contributed by atoms with Gasteiger partial charge in [0.25, 0.3) is 0 Å². The van der Waals surface area contributed by atoms with Gasteiger partial charge >= 0.3 is 0 Å². The molecule has 1 saturated carbocycles. The summed E-state index contributed by atoms with van der Waals surface area (Å²) in [4.78, 5) is 2.62. The molecule has 3 fully saturated rings. The summed E-state index contributed by atoms with van der Waals surface area (Å²) in [5, 5.41) is 0. The number of nitrogens with zero attached hydrogens (tertiary/aromatic N) is 1. The Morgan fingerprint density at radius 1 is 1.00 bits per heavy atom. The Morgan fingerprint density at radius 3 is 2.75 bits per heavy atom. The van der Waals surface area contributed by atoms with Crippen molar-refractivity contribution in [3.8, 4) is 0 Å². The van der Waals surface area contributed by atoms with Gasteiger partial charge in [-0.1, -0.05) is 26.2 Å². The highest BCUT2D eigenvalue weighted by atomic mass is 16.5. The lowest BCUT2D eigenvalue weighted by atomic mass is 9.74. The molecule has 0 N–H and O–H groups in total. The van der Waals surface area contributed by atoms with Crippen molar-refractivity contribution in [1.82, 2.24) is 4.90 Å². The first-order valence-corrected chi connectivity index (χ1v) is 7.22. The van der Waals surface area contributed by atoms with Crippen molar-refractivity contribution in [2.24, 2.45) is 11.8 Å². The van der Waals surface area contributed by atoms with Crippen molar-refractivity contribution in [3.05, 3.63) is 0 Å². The van der Waals surface area contributed by atoms with Crippen molar-refractivity contribution in [2.45, 2.75) is 64.0 Å². The van der Waals surface area contributed by atoms with Gasteiger partial charge < -0.3 is 4.74 Å². The Balaban J connectivity index is 1.78. The lowest BCUT2D eigenvalue weighted by molar-refractivity contribution is -0.0466. The zero-order chi connectivity index (χ0) is 11.0. The first-order valence-electron chi connectivity index (χ1n) is 7.22. The molecule has 16 heavy (non-hydrogen) atoms. The van der Waals surface area contributed by atoms with Gasteiger partial charge in [-0.2, -0.15) is 0 Å². The minimum Gasteiger partial charge on any atom is -0.363 e. The van der Waals surface area contributed by atoms with Crippen LogP contribution in [0, 0.1) is 11.8 Å². The fourth-order valence-electron chi connectivity index (χ4n) is 4.18. The van der Waals surface area contributed by atoms with E-state index in [2.05, 4.69) is 11.8 Å². The average molecular weight is 223 g/mol. The topological polar surface area (TPSA) is 12.5 Å². The molecule has 0 bridgehead atoms. The number of rotatable bonds is 0. The molecule has 2 heteroatoms. The zero-order valence-electron chi connectivity index (χ0n) is 10.5. The summed E-state index contributed by atoms with van der Waals surface area (Å²) in [6, 6.07) is 0.821. The molecule has 4 atom stereocenters. The van der Waals surface area contributed by atoms with E-state index in [0.717, 1.165) is 24.6 Å². The highest BCUT2D eigenvalue weighted by Crippen LogP contribution is 2.39. The molecule has 2 heterocycles. The molecule has 3 rings (SSSR count). The maximum absolute atomic E-state index is 6.17. The Labute approximate surface area is 99.3 Å². The summed E-state index contributed by atoms with van der Waals surface area (Å²) in [6.07, 6.45) is 10.3. The van der Waals surface area contributed by atoms with E-state index in [9.17, 15) is 0 Å². The van der Waals surface area contributed by atoms with Crippen LogP contribution in [0.5, 0.6) is 0 Å². The van der Waals surface area contributed by atoms with Crippen molar-refractivity contribution in [1.29, 1.82) is 0 Å². The summed E-state index contributed by atoms with van der Waals surface area (Å²) in [5.74, 6) is 1.70. The fraction of sp³-hybridized carbons (Fsp3) is 1.00. The van der Waals surface area contributed by atoms with Crippen LogP contribution in [0.4, 0.5) is 0 Å². The fourth-order valence-corrected chi connectivity index (χ4v) is 4.18. The predicted octanol–water partition coefficient (Wildman–Crippen LogP) is 3.02. The highest BCUT2D eigenvalue weighted by molar-refractivity contribution is 4.90. The van der Waals surface area contributed by atoms with Gasteiger partial charge in [0.15, 0.2) is 0 Å². The van der Waals surface area contributed by atoms with Gasteiger partial charge in [-0.15, -0.1) is 0 Å². The summed E-state index contributed by atoms with van der Waals surface area (Å²) in [6.45, 7) is 4.67. The number of ether oxygens (including phenoxy) is 1. The van der Waals surface area contributed by atoms with Crippen LogP contribution in [0.2, 0.25) is 0 Å². The highest BCUT2D eigenvalue weighted by Gasteiger charge is 2.40. The van der Waals surface area contributed by atoms with Gasteiger partial charge in [0.2, 0.25) is 0 Å². The Hall–Kier alpha value is -0.0800. The van der Waals surface area contributed by atoms with E-state index < -0.39 is 0 Å². The van der Waals surface area contributed by atoms with E-state index in [0.29, 0.717) is 6.10 Å². The Bertz CT molecular complexity index is 219. The minimum absolute atomic E-state index is 0.578. The lowest BCUT2D eigenvalue weighted by Crippen LogP contribution is -2.44. The van der Waals surface area contributed by atoms with Gasteiger partial charge in [-0.3, -0.25) is 4.90 Å². The van der Waals surface area contributed by atoms with Crippen molar-refractivity contribution < 1.29 is 4.74 Å². The molecule has 0 amide bonds. The van der Waals surface area contributed by atoms with Gasteiger partial charge in [-0.25, -0.2) is 0 Å². The van der Waals surface area contributed by atoms with E-state index >= 15 is 0 Å². The SMILES string of the molecule is C[C@H]1[C@@H]2CCCC[C@H]2OCN2CCCC[C@H]12. The van der Waals surface area contributed by atoms with E-state index in [1.54, 1.807) is 0 Å². The smallest absolute Gasteiger partial charge is 0.0996 e. The van der Waals surface area contributed by atoms with E-state index in [1.165, 1.54) is 51.5 Å². The second-order valence-corrected chi connectivity index (χ2v) is 6.02. The van der Waals surface area contributed by atoms with Crippen molar-refractivity contribution in [2.75, 3.05) is 13.3 Å². The first-order chi connectivity index (χ1) is 7.86. The molecule has 3 aliphatic rings. The molecule has 0 aromatic carbocycles. The van der Waals surface area contributed by atoms with Crippen LogP contribution in [-0.2, 0) is 4.74 Å². The summed E-state index contributed by atoms with van der Waals surface area (Å²) >= 11 is 0. The molecule has 0 spiro atoms. The summed E-state index contributed by atoms with van der Waals surface area (Å²) < 4.78 is 6.17. The Morgan fingerprint density at radius 2 is 1.81 bits per heavy atom. The summed E-state index contributed by atoms with van der Waals surface area (Å²) in [7, 11) is 0. The van der Waals surface area contributed by atoms with Crippen LogP contribution >= 0.6 is 0 Å². The largest absolute Gasteiger partial charge is 0.363 e. The zero-order valence-corrected chi connectivity index (χ0v) is 10.5. The van der Waals surface area contributed by atoms with E-state index in [4.69, 9.17) is 4.74 Å². The van der Waals surface area contributed by atoms with Crippen molar-refractivity contribution in [3.63, 3.8) is 0 Å². The number of hydrogen-bond acceptors (Lipinski definition) is 2. The quantitative estimate of drug-likeness (QED) is 0.626. The van der Waals surface area contributed by atoms with Gasteiger partial charge in [0.1, 0.15) is 0 Å². The maximum Gasteiger partial charge on any atom is 0.0996 e. The molecule has 2 nitrogen and oxygen atoms in total. The molecule has 0 aromatic heterocycles. The standard InChI is InChI=1S/C14H25NO/c1-11-12-6-2-3-8-14(12)16-10-15-9-5-4-7-13(11)15/h11-14H,2-10H2,1H3/t11-,12-,13+,14+/m0/s1. The third-order valence-electron chi connectivity index (χ3n) is 5.15. The minimum atomic E-state index is 0.578. The third kappa shape index (κ3) is 1.91. The number of piperidine rings is 1. The maximum atomic E-state index is 6.17. The normalized spacial score (nSPS) is 45.6. The lowest BCUT2D eigenvalue weighted by Gasteiger charge is -2.39. The molecule has 0 unspecified atom stereocenters. The molecule has 0 aromatic rings. The second-order valence-electron chi connectivity index (χ2n) is 6.02. The summed E-state index contributed by atoms with van der Waals surface area (Å²) in [5.41, 5.74) is 0. The van der Waals surface area contributed by atoms with Crippen LogP contribution in [0.3, 0.4) is 0 Å². The van der Waals surface area contributed by atoms with Crippen molar-refractivity contribution >= 4 is 0 Å². The molecule has 92 valence electrons. The molecular weight excluding hydrogens is 198 g/mol. The molecule has 2 aliphatic heterocycles. The second kappa shape index (κ2) is 4.66. The Kier molecular flexibility index (Phi) is 3.21. The van der Waals surface area contributed by atoms with Crippen LogP contribution in [0.1, 0.15) is 51.9 Å². The number of fused-ring (bicyclic) bond motifs is 2. The van der Waals surface area contributed by atoms with Crippen LogP contribution in [-0.4, -0.2) is 30.3 Å². The third-order valence-corrected chi connectivity index (χ3v) is 5.15. The average Bonchev–Trinajstić information content (AvgIpc) is 2.49. The van der Waals surface area contributed by atoms with Crippen LogP contribution in [0.25, 0.3) is 0 Å². The number of hydrogen-bond donors (Lipinski definition) is 0. The van der Waals surface area contributed by atoms with Crippen LogP contribution in [0.15, 0.2) is 0 Å². The monoisotopic (exact) mass is 223 g/mol. The van der Waals surface area contributed by atoms with E-state index in [1.807, 2.05) is 0 Å². The van der Waals surface area contributed by atoms with Crippen LogP contribution < -0.4 is 0 Å².